The monoisotopic (exact) mass is 260 g/mol. The number of unbranched alkanes of at least 4 members (excludes halogenated alkanes) is 2. The molecule has 0 fully saturated rings. The number of ether oxygens (including phenoxy) is 1. The van der Waals surface area contributed by atoms with Gasteiger partial charge < -0.3 is 14.9 Å². The lowest BCUT2D eigenvalue weighted by Gasteiger charge is -2.20. The zero-order valence-corrected chi connectivity index (χ0v) is 10.9. The normalized spacial score (nSPS) is 15.6. The first-order valence-corrected chi connectivity index (χ1v) is 5.93. The molecule has 0 rings (SSSR count). The second-order valence-electron chi connectivity index (χ2n) is 4.33. The summed E-state index contributed by atoms with van der Waals surface area (Å²) >= 11 is 0. The lowest BCUT2D eigenvalue weighted by molar-refractivity contribution is -0.177. The molecule has 2 unspecified atom stereocenters. The standard InChI is InChI=1S/C12H20O6/c1-4-5-6-7-9(14)18-11(16)12(3,17)10(15)8(2)13/h8,13,17H,4-7H2,1-3H3. The molecule has 0 aromatic rings. The molecule has 6 nitrogen and oxygen atoms in total. The van der Waals surface area contributed by atoms with Crippen molar-refractivity contribution in [3.05, 3.63) is 0 Å². The second-order valence-corrected chi connectivity index (χ2v) is 4.33. The zero-order valence-electron chi connectivity index (χ0n) is 10.9. The van der Waals surface area contributed by atoms with Gasteiger partial charge in [-0.15, -0.1) is 0 Å². The van der Waals surface area contributed by atoms with E-state index in [9.17, 15) is 19.5 Å². The van der Waals surface area contributed by atoms with E-state index in [0.717, 1.165) is 26.7 Å². The highest BCUT2D eigenvalue weighted by Crippen LogP contribution is 2.12. The zero-order chi connectivity index (χ0) is 14.3. The molecule has 0 heterocycles. The summed E-state index contributed by atoms with van der Waals surface area (Å²) in [5, 5.41) is 18.6. The van der Waals surface area contributed by atoms with Gasteiger partial charge in [-0.3, -0.25) is 9.59 Å². The number of Topliss-reactive ketones (excluding diaryl/α,β-unsaturated/α-hetero) is 1. The Morgan fingerprint density at radius 1 is 1.28 bits per heavy atom. The van der Waals surface area contributed by atoms with Crippen LogP contribution in [-0.4, -0.2) is 39.6 Å². The fourth-order valence-electron chi connectivity index (χ4n) is 1.28. The third-order valence-electron chi connectivity index (χ3n) is 2.45. The summed E-state index contributed by atoms with van der Waals surface area (Å²) in [7, 11) is 0. The van der Waals surface area contributed by atoms with Crippen LogP contribution in [0.5, 0.6) is 0 Å². The summed E-state index contributed by atoms with van der Waals surface area (Å²) in [6, 6.07) is 0. The molecule has 0 aliphatic heterocycles. The average Bonchev–Trinajstić information content (AvgIpc) is 2.27. The number of aliphatic hydroxyl groups is 2. The number of rotatable bonds is 7. The van der Waals surface area contributed by atoms with Gasteiger partial charge in [0.1, 0.15) is 6.10 Å². The Hall–Kier alpha value is -1.27. The van der Waals surface area contributed by atoms with Crippen LogP contribution in [0, 0.1) is 0 Å². The predicted octanol–water partition coefficient (Wildman–Crippen LogP) is 0.337. The van der Waals surface area contributed by atoms with Gasteiger partial charge in [0.2, 0.25) is 11.4 Å². The lowest BCUT2D eigenvalue weighted by atomic mass is 9.97. The minimum atomic E-state index is -2.51. The van der Waals surface area contributed by atoms with E-state index in [0.29, 0.717) is 6.42 Å². The first-order chi connectivity index (χ1) is 8.23. The van der Waals surface area contributed by atoms with Gasteiger partial charge in [-0.2, -0.15) is 0 Å². The molecule has 0 saturated heterocycles. The fourth-order valence-corrected chi connectivity index (χ4v) is 1.28. The van der Waals surface area contributed by atoms with E-state index >= 15 is 0 Å². The van der Waals surface area contributed by atoms with Crippen molar-refractivity contribution in [2.24, 2.45) is 0 Å². The highest BCUT2D eigenvalue weighted by Gasteiger charge is 2.43. The maximum atomic E-state index is 11.4. The Balaban J connectivity index is 4.39. The number of hydrogen-bond acceptors (Lipinski definition) is 6. The number of ketones is 1. The quantitative estimate of drug-likeness (QED) is 0.389. The van der Waals surface area contributed by atoms with Crippen molar-refractivity contribution in [2.45, 2.75) is 58.2 Å². The molecule has 0 aromatic carbocycles. The predicted molar refractivity (Wildman–Crippen MR) is 62.6 cm³/mol. The highest BCUT2D eigenvalue weighted by molar-refractivity contribution is 6.10. The summed E-state index contributed by atoms with van der Waals surface area (Å²) in [5.74, 6) is -3.24. The molecule has 0 aliphatic carbocycles. The smallest absolute Gasteiger partial charge is 0.353 e. The van der Waals surface area contributed by atoms with Gasteiger partial charge in [0, 0.05) is 6.42 Å². The van der Waals surface area contributed by atoms with Crippen LogP contribution in [0.1, 0.15) is 46.5 Å². The Labute approximate surface area is 106 Å². The number of esters is 2. The highest BCUT2D eigenvalue weighted by atomic mass is 16.6. The lowest BCUT2D eigenvalue weighted by Crippen LogP contribution is -2.49. The van der Waals surface area contributed by atoms with E-state index in [2.05, 4.69) is 4.74 Å². The van der Waals surface area contributed by atoms with E-state index < -0.39 is 29.4 Å². The first kappa shape index (κ1) is 16.7. The van der Waals surface area contributed by atoms with Gasteiger partial charge >= 0.3 is 11.9 Å². The summed E-state index contributed by atoms with van der Waals surface area (Å²) < 4.78 is 4.37. The van der Waals surface area contributed by atoms with Gasteiger partial charge in [0.05, 0.1) is 0 Å². The molecule has 104 valence electrons. The third kappa shape index (κ3) is 4.93. The van der Waals surface area contributed by atoms with Crippen molar-refractivity contribution in [1.29, 1.82) is 0 Å². The molecule has 0 aromatic heterocycles. The van der Waals surface area contributed by atoms with Crippen molar-refractivity contribution < 1.29 is 29.3 Å². The second kappa shape index (κ2) is 7.23. The summed E-state index contributed by atoms with van der Waals surface area (Å²) in [4.78, 5) is 34.0. The molecule has 0 amide bonds. The number of carbonyl (C=O) groups excluding carboxylic acids is 3. The maximum absolute atomic E-state index is 11.4. The molecule has 2 atom stereocenters. The van der Waals surface area contributed by atoms with E-state index in [4.69, 9.17) is 5.11 Å². The van der Waals surface area contributed by atoms with Crippen LogP contribution in [0.25, 0.3) is 0 Å². The van der Waals surface area contributed by atoms with Crippen LogP contribution in [-0.2, 0) is 19.1 Å². The summed E-state index contributed by atoms with van der Waals surface area (Å²) in [6.07, 6.45) is 0.863. The largest absolute Gasteiger partial charge is 0.391 e. The van der Waals surface area contributed by atoms with Crippen LogP contribution in [0.2, 0.25) is 0 Å². The number of hydrogen-bond donors (Lipinski definition) is 2. The van der Waals surface area contributed by atoms with Gasteiger partial charge in [0.15, 0.2) is 0 Å². The van der Waals surface area contributed by atoms with Crippen LogP contribution in [0.15, 0.2) is 0 Å². The SMILES string of the molecule is CCCCCC(=O)OC(=O)C(C)(O)C(=O)C(C)O. The minimum absolute atomic E-state index is 0.0541. The minimum Gasteiger partial charge on any atom is -0.391 e. The van der Waals surface area contributed by atoms with Crippen molar-refractivity contribution in [1.82, 2.24) is 0 Å². The molecule has 18 heavy (non-hydrogen) atoms. The van der Waals surface area contributed by atoms with Gasteiger partial charge in [0.25, 0.3) is 0 Å². The molecule has 2 N–H and O–H groups in total. The number of aliphatic hydroxyl groups excluding tert-OH is 1. The van der Waals surface area contributed by atoms with Crippen LogP contribution < -0.4 is 0 Å². The summed E-state index contributed by atoms with van der Waals surface area (Å²) in [6.45, 7) is 3.97. The van der Waals surface area contributed by atoms with Crippen molar-refractivity contribution in [2.75, 3.05) is 0 Å². The molecule has 0 bridgehead atoms. The molecule has 0 saturated carbocycles. The molecule has 0 radical (unpaired) electrons. The van der Waals surface area contributed by atoms with E-state index in [1.807, 2.05) is 6.92 Å². The number of carbonyl (C=O) groups is 3. The Morgan fingerprint density at radius 3 is 2.28 bits per heavy atom. The van der Waals surface area contributed by atoms with Crippen LogP contribution in [0.4, 0.5) is 0 Å². The van der Waals surface area contributed by atoms with Gasteiger partial charge in [-0.1, -0.05) is 19.8 Å². The van der Waals surface area contributed by atoms with Gasteiger partial charge in [-0.25, -0.2) is 4.79 Å². The molecular weight excluding hydrogens is 240 g/mol. The molecular formula is C12H20O6. The van der Waals surface area contributed by atoms with Crippen molar-refractivity contribution >= 4 is 17.7 Å². The molecule has 6 heteroatoms. The third-order valence-corrected chi connectivity index (χ3v) is 2.45. The topological polar surface area (TPSA) is 101 Å². The summed E-state index contributed by atoms with van der Waals surface area (Å²) in [5.41, 5.74) is -2.51. The fraction of sp³-hybridized carbons (Fsp3) is 0.750. The van der Waals surface area contributed by atoms with Gasteiger partial charge in [-0.05, 0) is 20.3 Å². The molecule has 0 spiro atoms. The maximum Gasteiger partial charge on any atom is 0.353 e. The average molecular weight is 260 g/mol. The Kier molecular flexibility index (Phi) is 6.72. The van der Waals surface area contributed by atoms with Crippen molar-refractivity contribution in [3.63, 3.8) is 0 Å². The Bertz CT molecular complexity index is 319. The van der Waals surface area contributed by atoms with Crippen LogP contribution >= 0.6 is 0 Å². The van der Waals surface area contributed by atoms with Crippen molar-refractivity contribution in [3.8, 4) is 0 Å². The van der Waals surface area contributed by atoms with Crippen LogP contribution in [0.3, 0.4) is 0 Å². The van der Waals surface area contributed by atoms with E-state index in [1.54, 1.807) is 0 Å². The van der Waals surface area contributed by atoms with E-state index in [1.165, 1.54) is 0 Å². The molecule has 0 aliphatic rings. The Morgan fingerprint density at radius 2 is 1.83 bits per heavy atom. The first-order valence-electron chi connectivity index (χ1n) is 5.93. The van der Waals surface area contributed by atoms with E-state index in [-0.39, 0.29) is 6.42 Å².